The van der Waals surface area contributed by atoms with E-state index in [1.165, 1.54) is 6.92 Å². The Bertz CT molecular complexity index is 542. The number of allylic oxidation sites excluding steroid dienone is 10. The number of nitrogens with one attached hydrogen (secondary N) is 1. The molecule has 0 aromatic carbocycles. The fourth-order valence-electron chi connectivity index (χ4n) is 2.12. The first-order chi connectivity index (χ1) is 13.1. The van der Waals surface area contributed by atoms with E-state index in [1.807, 2.05) is 0 Å². The van der Waals surface area contributed by atoms with Crippen molar-refractivity contribution in [2.75, 3.05) is 0 Å². The van der Waals surface area contributed by atoms with Crippen LogP contribution in [0.1, 0.15) is 65.2 Å². The van der Waals surface area contributed by atoms with Gasteiger partial charge in [-0.2, -0.15) is 0 Å². The highest BCUT2D eigenvalue weighted by molar-refractivity contribution is 5.83. The van der Waals surface area contributed by atoms with Crippen LogP contribution >= 0.6 is 0 Å². The van der Waals surface area contributed by atoms with Crippen molar-refractivity contribution in [2.24, 2.45) is 0 Å². The Balaban J connectivity index is 3.60. The quantitative estimate of drug-likeness (QED) is 0.294. The summed E-state index contributed by atoms with van der Waals surface area (Å²) in [5.74, 6) is -1.22. The van der Waals surface area contributed by atoms with Crippen LogP contribution in [0.2, 0.25) is 0 Å². The van der Waals surface area contributed by atoms with Crippen LogP contribution in [-0.4, -0.2) is 23.0 Å². The van der Waals surface area contributed by atoms with Crippen LogP contribution in [0.3, 0.4) is 0 Å². The van der Waals surface area contributed by atoms with Crippen molar-refractivity contribution in [2.45, 2.75) is 71.3 Å². The molecule has 0 saturated heterocycles. The molecule has 0 aliphatic rings. The Morgan fingerprint density at radius 3 is 1.70 bits per heavy atom. The summed E-state index contributed by atoms with van der Waals surface area (Å²) in [7, 11) is 0. The molecular weight excluding hydrogens is 338 g/mol. The number of unbranched alkanes of at least 4 members (excludes halogenated alkanes) is 1. The van der Waals surface area contributed by atoms with Gasteiger partial charge in [0.2, 0.25) is 5.91 Å². The van der Waals surface area contributed by atoms with Gasteiger partial charge in [-0.05, 0) is 51.9 Å². The van der Waals surface area contributed by atoms with Gasteiger partial charge in [-0.15, -0.1) is 0 Å². The number of amides is 1. The molecule has 0 aliphatic heterocycles. The molecule has 0 aromatic heterocycles. The van der Waals surface area contributed by atoms with Crippen molar-refractivity contribution in [3.8, 4) is 0 Å². The summed E-state index contributed by atoms with van der Waals surface area (Å²) in [6.07, 6.45) is 28.3. The summed E-state index contributed by atoms with van der Waals surface area (Å²) in [6.45, 7) is 3.60. The monoisotopic (exact) mass is 373 g/mol. The lowest BCUT2D eigenvalue weighted by Gasteiger charge is -2.08. The Labute approximate surface area is 164 Å². The van der Waals surface area contributed by atoms with Crippen molar-refractivity contribution < 1.29 is 14.7 Å². The molecule has 0 fully saturated rings. The predicted molar refractivity (Wildman–Crippen MR) is 114 cm³/mol. The first-order valence-corrected chi connectivity index (χ1v) is 9.85. The van der Waals surface area contributed by atoms with E-state index in [2.05, 4.69) is 73.0 Å². The molecule has 0 aliphatic carbocycles. The molecule has 1 amide bonds. The average molecular weight is 374 g/mol. The summed E-state index contributed by atoms with van der Waals surface area (Å²) in [5, 5.41) is 11.2. The van der Waals surface area contributed by atoms with Gasteiger partial charge in [0.05, 0.1) is 0 Å². The smallest absolute Gasteiger partial charge is 0.325 e. The van der Waals surface area contributed by atoms with E-state index in [1.54, 1.807) is 0 Å². The van der Waals surface area contributed by atoms with Gasteiger partial charge in [0.1, 0.15) is 6.04 Å². The van der Waals surface area contributed by atoms with Gasteiger partial charge in [0.15, 0.2) is 0 Å². The van der Waals surface area contributed by atoms with E-state index in [4.69, 9.17) is 5.11 Å². The lowest BCUT2D eigenvalue weighted by atomic mass is 10.2. The molecule has 4 nitrogen and oxygen atoms in total. The van der Waals surface area contributed by atoms with Crippen molar-refractivity contribution in [1.82, 2.24) is 5.32 Å². The van der Waals surface area contributed by atoms with Gasteiger partial charge >= 0.3 is 5.97 Å². The fourth-order valence-corrected chi connectivity index (χ4v) is 2.12. The predicted octanol–water partition coefficient (Wildman–Crippen LogP) is 5.50. The number of carbonyl (C=O) groups is 2. The SMILES string of the molecule is CC/C=C/C/C=C/C/C=C/C/C=C/C/C=C/CCCC(=O)NC(C)C(=O)O. The van der Waals surface area contributed by atoms with Gasteiger partial charge in [0, 0.05) is 6.42 Å². The summed E-state index contributed by atoms with van der Waals surface area (Å²) in [5.41, 5.74) is 0. The maximum atomic E-state index is 11.5. The van der Waals surface area contributed by atoms with Crippen LogP contribution in [0.25, 0.3) is 0 Å². The van der Waals surface area contributed by atoms with Crippen LogP contribution < -0.4 is 5.32 Å². The zero-order valence-corrected chi connectivity index (χ0v) is 16.8. The highest BCUT2D eigenvalue weighted by Crippen LogP contribution is 2.00. The maximum Gasteiger partial charge on any atom is 0.325 e. The summed E-state index contributed by atoms with van der Waals surface area (Å²) >= 11 is 0. The zero-order chi connectivity index (χ0) is 20.2. The highest BCUT2D eigenvalue weighted by Gasteiger charge is 2.12. The first kappa shape index (κ1) is 24.6. The van der Waals surface area contributed by atoms with Crippen LogP contribution in [0, 0.1) is 0 Å². The average Bonchev–Trinajstić information content (AvgIpc) is 2.64. The van der Waals surface area contributed by atoms with Crippen molar-refractivity contribution in [3.63, 3.8) is 0 Å². The highest BCUT2D eigenvalue weighted by atomic mass is 16.4. The minimum atomic E-state index is -1.01. The van der Waals surface area contributed by atoms with Crippen molar-refractivity contribution in [1.29, 1.82) is 0 Å². The largest absolute Gasteiger partial charge is 0.480 e. The first-order valence-electron chi connectivity index (χ1n) is 9.85. The molecule has 27 heavy (non-hydrogen) atoms. The lowest BCUT2D eigenvalue weighted by Crippen LogP contribution is -2.38. The molecule has 0 spiro atoms. The van der Waals surface area contributed by atoms with Crippen molar-refractivity contribution >= 4 is 11.9 Å². The third kappa shape index (κ3) is 18.2. The third-order valence-corrected chi connectivity index (χ3v) is 3.68. The zero-order valence-electron chi connectivity index (χ0n) is 16.8. The maximum absolute atomic E-state index is 11.5. The second-order valence-electron chi connectivity index (χ2n) is 6.23. The molecule has 0 saturated carbocycles. The minimum absolute atomic E-state index is 0.211. The van der Waals surface area contributed by atoms with Gasteiger partial charge in [0.25, 0.3) is 0 Å². The normalized spacial score (nSPS) is 13.6. The Kier molecular flexibility index (Phi) is 16.8. The van der Waals surface area contributed by atoms with Gasteiger partial charge in [-0.1, -0.05) is 67.7 Å². The fraction of sp³-hybridized carbons (Fsp3) is 0.478. The second-order valence-corrected chi connectivity index (χ2v) is 6.23. The number of carboxylic acids is 1. The minimum Gasteiger partial charge on any atom is -0.480 e. The van der Waals surface area contributed by atoms with E-state index < -0.39 is 12.0 Å². The molecule has 150 valence electrons. The van der Waals surface area contributed by atoms with Crippen LogP contribution in [-0.2, 0) is 9.59 Å². The van der Waals surface area contributed by atoms with E-state index >= 15 is 0 Å². The number of carboxylic acid groups (broad SMARTS) is 1. The van der Waals surface area contributed by atoms with Gasteiger partial charge in [-0.3, -0.25) is 9.59 Å². The number of hydrogen-bond acceptors (Lipinski definition) is 2. The van der Waals surface area contributed by atoms with E-state index in [9.17, 15) is 9.59 Å². The topological polar surface area (TPSA) is 66.4 Å². The van der Waals surface area contributed by atoms with Crippen LogP contribution in [0.4, 0.5) is 0 Å². The molecule has 1 unspecified atom stereocenters. The van der Waals surface area contributed by atoms with E-state index in [-0.39, 0.29) is 5.91 Å². The van der Waals surface area contributed by atoms with Crippen LogP contribution in [0.5, 0.6) is 0 Å². The summed E-state index contributed by atoms with van der Waals surface area (Å²) in [4.78, 5) is 22.1. The molecule has 0 aromatic rings. The Morgan fingerprint density at radius 2 is 1.26 bits per heavy atom. The molecule has 0 bridgehead atoms. The Hall–Kier alpha value is -2.36. The van der Waals surface area contributed by atoms with E-state index in [0.717, 1.165) is 44.9 Å². The molecule has 2 N–H and O–H groups in total. The van der Waals surface area contributed by atoms with Crippen LogP contribution in [0.15, 0.2) is 60.8 Å². The molecule has 4 heteroatoms. The molecule has 0 rings (SSSR count). The molecule has 0 heterocycles. The van der Waals surface area contributed by atoms with Gasteiger partial charge in [-0.25, -0.2) is 0 Å². The second kappa shape index (κ2) is 18.4. The van der Waals surface area contributed by atoms with Gasteiger partial charge < -0.3 is 10.4 Å². The summed E-state index contributed by atoms with van der Waals surface area (Å²) in [6, 6.07) is -0.828. The molecule has 0 radical (unpaired) electrons. The summed E-state index contributed by atoms with van der Waals surface area (Å²) < 4.78 is 0. The third-order valence-electron chi connectivity index (χ3n) is 3.68. The molecular formula is C23H35NO3. The lowest BCUT2D eigenvalue weighted by molar-refractivity contribution is -0.141. The number of aliphatic carboxylic acids is 1. The number of carbonyl (C=O) groups excluding carboxylic acids is 1. The van der Waals surface area contributed by atoms with Crippen molar-refractivity contribution in [3.05, 3.63) is 60.8 Å². The number of hydrogen-bond donors (Lipinski definition) is 2. The number of rotatable bonds is 15. The van der Waals surface area contributed by atoms with E-state index in [0.29, 0.717) is 6.42 Å². The standard InChI is InChI=1S/C23H35NO3/c1-3-4-5-6-7-8-9-10-11-12-13-14-15-16-17-18-19-20-22(25)24-21(2)23(26)27/h4-5,7-8,10-11,13-14,16-17,21H,3,6,9,12,15,18-20H2,1-2H3,(H,24,25)(H,26,27)/b5-4+,8-7+,11-10+,14-13+,17-16+. The molecule has 1 atom stereocenters. The Morgan fingerprint density at radius 1 is 0.815 bits per heavy atom.